The Balaban J connectivity index is 1.55. The predicted octanol–water partition coefficient (Wildman–Crippen LogP) is 3.33. The van der Waals surface area contributed by atoms with E-state index in [1.54, 1.807) is 24.4 Å². The Bertz CT molecular complexity index is 875. The molecule has 2 N–H and O–H groups in total. The van der Waals surface area contributed by atoms with Crippen molar-refractivity contribution in [1.82, 2.24) is 14.7 Å². The molecule has 0 atom stereocenters. The molecule has 0 spiro atoms. The number of rotatable bonds is 6. The molecule has 2 saturated carbocycles. The lowest BCUT2D eigenvalue weighted by Crippen LogP contribution is -2.25. The topological polar surface area (TPSA) is 84.0 Å². The minimum absolute atomic E-state index is 0.0917. The maximum Gasteiger partial charge on any atom is 0.240 e. The van der Waals surface area contributed by atoms with Crippen molar-refractivity contribution in [3.05, 3.63) is 36.5 Å². The Morgan fingerprint density at radius 3 is 2.54 bits per heavy atom. The zero-order valence-corrected chi connectivity index (χ0v) is 15.5. The van der Waals surface area contributed by atoms with Crippen molar-refractivity contribution in [1.29, 1.82) is 0 Å². The Morgan fingerprint density at radius 2 is 1.77 bits per heavy atom. The molecular formula is C19H24N4O2S. The first-order valence-electron chi connectivity index (χ1n) is 9.32. The van der Waals surface area contributed by atoms with Gasteiger partial charge in [-0.3, -0.25) is 0 Å². The summed E-state index contributed by atoms with van der Waals surface area (Å²) in [6.07, 6.45) is 9.63. The molecule has 2 aromatic rings. The summed E-state index contributed by atoms with van der Waals surface area (Å²) in [5.41, 5.74) is 1.50. The summed E-state index contributed by atoms with van der Waals surface area (Å²) in [6, 6.07) is 9.26. The summed E-state index contributed by atoms with van der Waals surface area (Å²) < 4.78 is 27.6. The second-order valence-corrected chi connectivity index (χ2v) is 8.88. The lowest BCUT2D eigenvalue weighted by Gasteiger charge is -2.22. The highest BCUT2D eigenvalue weighted by Crippen LogP contribution is 2.26. The second-order valence-electron chi connectivity index (χ2n) is 7.17. The van der Waals surface area contributed by atoms with Crippen molar-refractivity contribution in [2.45, 2.75) is 61.9 Å². The van der Waals surface area contributed by atoms with Crippen molar-refractivity contribution in [2.24, 2.45) is 0 Å². The van der Waals surface area contributed by atoms with Crippen LogP contribution in [0.5, 0.6) is 0 Å². The van der Waals surface area contributed by atoms with Crippen LogP contribution in [0.1, 0.15) is 44.9 Å². The quantitative estimate of drug-likeness (QED) is 0.812. The van der Waals surface area contributed by atoms with Gasteiger partial charge in [0.2, 0.25) is 16.0 Å². The molecule has 1 heterocycles. The van der Waals surface area contributed by atoms with Crippen molar-refractivity contribution < 1.29 is 8.42 Å². The van der Waals surface area contributed by atoms with Gasteiger partial charge >= 0.3 is 0 Å². The molecule has 0 unspecified atom stereocenters. The van der Waals surface area contributed by atoms with E-state index in [1.165, 1.54) is 19.3 Å². The number of benzene rings is 1. The van der Waals surface area contributed by atoms with E-state index in [0.717, 1.165) is 36.9 Å². The van der Waals surface area contributed by atoms with E-state index in [4.69, 9.17) is 0 Å². The van der Waals surface area contributed by atoms with Crippen LogP contribution in [0.15, 0.2) is 41.4 Å². The zero-order chi connectivity index (χ0) is 18.0. The number of hydrogen-bond donors (Lipinski definition) is 2. The predicted molar refractivity (Wildman–Crippen MR) is 101 cm³/mol. The van der Waals surface area contributed by atoms with Crippen molar-refractivity contribution in [2.75, 3.05) is 5.32 Å². The fourth-order valence-electron chi connectivity index (χ4n) is 3.33. The van der Waals surface area contributed by atoms with Gasteiger partial charge in [0, 0.05) is 23.8 Å². The van der Waals surface area contributed by atoms with Crippen LogP contribution in [0.3, 0.4) is 0 Å². The van der Waals surface area contributed by atoms with Gasteiger partial charge in [-0.2, -0.15) is 0 Å². The van der Waals surface area contributed by atoms with Crippen LogP contribution in [-0.2, 0) is 10.0 Å². The number of nitrogens with one attached hydrogen (secondary N) is 2. The molecule has 0 amide bonds. The maximum atomic E-state index is 12.4. The van der Waals surface area contributed by atoms with Crippen LogP contribution in [0, 0.1) is 0 Å². The minimum Gasteiger partial charge on any atom is -0.351 e. The van der Waals surface area contributed by atoms with Gasteiger partial charge in [0.15, 0.2) is 0 Å². The van der Waals surface area contributed by atoms with E-state index in [2.05, 4.69) is 20.0 Å². The zero-order valence-electron chi connectivity index (χ0n) is 14.7. The number of sulfonamides is 1. The molecule has 1 aromatic heterocycles. The Kier molecular flexibility index (Phi) is 4.91. The molecule has 2 aliphatic carbocycles. The summed E-state index contributed by atoms with van der Waals surface area (Å²) >= 11 is 0. The average molecular weight is 372 g/mol. The van der Waals surface area contributed by atoms with Gasteiger partial charge in [0.25, 0.3) is 0 Å². The van der Waals surface area contributed by atoms with Crippen molar-refractivity contribution in [3.8, 4) is 11.3 Å². The van der Waals surface area contributed by atoms with Crippen LogP contribution >= 0.6 is 0 Å². The first-order valence-corrected chi connectivity index (χ1v) is 10.8. The molecule has 0 aliphatic heterocycles. The van der Waals surface area contributed by atoms with Crippen LogP contribution in [0.4, 0.5) is 5.95 Å². The third-order valence-corrected chi connectivity index (χ3v) is 6.45. The van der Waals surface area contributed by atoms with E-state index in [0.29, 0.717) is 12.0 Å². The molecule has 138 valence electrons. The summed E-state index contributed by atoms with van der Waals surface area (Å²) in [5, 5.41) is 3.42. The molecule has 2 aliphatic rings. The van der Waals surface area contributed by atoms with Crippen LogP contribution in [0.2, 0.25) is 0 Å². The highest BCUT2D eigenvalue weighted by atomic mass is 32.2. The van der Waals surface area contributed by atoms with E-state index in [1.807, 2.05) is 12.1 Å². The summed E-state index contributed by atoms with van der Waals surface area (Å²) in [6.45, 7) is 0. The van der Waals surface area contributed by atoms with Crippen LogP contribution in [0.25, 0.3) is 11.3 Å². The normalized spacial score (nSPS) is 18.6. The first kappa shape index (κ1) is 17.4. The second kappa shape index (κ2) is 7.32. The van der Waals surface area contributed by atoms with Gasteiger partial charge in [-0.15, -0.1) is 0 Å². The third kappa shape index (κ3) is 4.22. The molecule has 26 heavy (non-hydrogen) atoms. The van der Waals surface area contributed by atoms with Crippen LogP contribution in [-0.4, -0.2) is 30.5 Å². The van der Waals surface area contributed by atoms with Crippen LogP contribution < -0.4 is 10.0 Å². The lowest BCUT2D eigenvalue weighted by molar-refractivity contribution is 0.461. The highest BCUT2D eigenvalue weighted by Gasteiger charge is 2.28. The fraction of sp³-hybridized carbons (Fsp3) is 0.474. The monoisotopic (exact) mass is 372 g/mol. The fourth-order valence-corrected chi connectivity index (χ4v) is 4.68. The standard InChI is InChI=1S/C19H24N4O2S/c24-26(25,23-16-9-10-16)17-8-4-5-14(13-17)18-11-12-20-19(22-18)21-15-6-2-1-3-7-15/h4-5,8,11-13,15-16,23H,1-3,6-7,9-10H2,(H,20,21,22). The average Bonchev–Trinajstić information content (AvgIpc) is 3.46. The summed E-state index contributed by atoms with van der Waals surface area (Å²) in [4.78, 5) is 9.20. The van der Waals surface area contributed by atoms with E-state index >= 15 is 0 Å². The SMILES string of the molecule is O=S(=O)(NC1CC1)c1cccc(-c2ccnc(NC3CCCCC3)n2)c1. The van der Waals surface area contributed by atoms with Gasteiger partial charge in [0.05, 0.1) is 10.6 Å². The molecule has 0 radical (unpaired) electrons. The molecule has 7 heteroatoms. The molecule has 0 bridgehead atoms. The molecular weight excluding hydrogens is 348 g/mol. The minimum atomic E-state index is -3.47. The van der Waals surface area contributed by atoms with Gasteiger partial charge in [-0.25, -0.2) is 23.1 Å². The van der Waals surface area contributed by atoms with Crippen molar-refractivity contribution >= 4 is 16.0 Å². The Morgan fingerprint density at radius 1 is 0.962 bits per heavy atom. The van der Waals surface area contributed by atoms with E-state index in [9.17, 15) is 8.42 Å². The molecule has 2 fully saturated rings. The molecule has 0 saturated heterocycles. The van der Waals surface area contributed by atoms with Crippen molar-refractivity contribution in [3.63, 3.8) is 0 Å². The van der Waals surface area contributed by atoms with Gasteiger partial charge in [0.1, 0.15) is 0 Å². The number of nitrogens with zero attached hydrogens (tertiary/aromatic N) is 2. The maximum absolute atomic E-state index is 12.4. The highest BCUT2D eigenvalue weighted by molar-refractivity contribution is 7.89. The Labute approximate surface area is 154 Å². The smallest absolute Gasteiger partial charge is 0.240 e. The van der Waals surface area contributed by atoms with Gasteiger partial charge in [-0.1, -0.05) is 31.4 Å². The molecule has 4 rings (SSSR count). The molecule has 6 nitrogen and oxygen atoms in total. The van der Waals surface area contributed by atoms with Gasteiger partial charge < -0.3 is 5.32 Å². The summed E-state index contributed by atoms with van der Waals surface area (Å²) in [5.74, 6) is 0.610. The first-order chi connectivity index (χ1) is 12.6. The number of aromatic nitrogens is 2. The lowest BCUT2D eigenvalue weighted by atomic mass is 9.96. The Hall–Kier alpha value is -1.99. The number of hydrogen-bond acceptors (Lipinski definition) is 5. The van der Waals surface area contributed by atoms with E-state index < -0.39 is 10.0 Å². The van der Waals surface area contributed by atoms with Gasteiger partial charge in [-0.05, 0) is 43.9 Å². The largest absolute Gasteiger partial charge is 0.351 e. The summed E-state index contributed by atoms with van der Waals surface area (Å²) in [7, 11) is -3.47. The van der Waals surface area contributed by atoms with E-state index in [-0.39, 0.29) is 10.9 Å². The third-order valence-electron chi connectivity index (χ3n) is 4.93. The molecule has 1 aromatic carbocycles. The number of anilines is 1.